The Morgan fingerprint density at radius 1 is 1.10 bits per heavy atom. The van der Waals surface area contributed by atoms with Crippen LogP contribution in [0.3, 0.4) is 0 Å². The van der Waals surface area contributed by atoms with Crippen LogP contribution in [0.2, 0.25) is 10.0 Å². The molecule has 0 aromatic heterocycles. The Balaban J connectivity index is 1.80. The molecule has 3 aromatic carbocycles. The van der Waals surface area contributed by atoms with Crippen LogP contribution in [0.4, 0.5) is 11.4 Å². The molecule has 0 radical (unpaired) electrons. The highest BCUT2D eigenvalue weighted by Gasteiger charge is 2.20. The Kier molecular flexibility index (Phi) is 6.26. The van der Waals surface area contributed by atoms with Crippen molar-refractivity contribution >= 4 is 56.4 Å². The van der Waals surface area contributed by atoms with Gasteiger partial charge in [0.2, 0.25) is 0 Å². The largest absolute Gasteiger partial charge is 0.506 e. The molecule has 3 rings (SSSR count). The molecule has 0 aliphatic carbocycles. The molecule has 3 aromatic rings. The van der Waals surface area contributed by atoms with E-state index in [0.29, 0.717) is 22.2 Å². The summed E-state index contributed by atoms with van der Waals surface area (Å²) in [5, 5.41) is 24.4. The fourth-order valence-corrected chi connectivity index (χ4v) is 3.15. The monoisotopic (exact) mass is 496 g/mol. The standard InChI is InChI=1S/C19H11BrCl2N2O5/c20-15-9-12(24(27)28)8-14(18(15)25)19(26)23-11-3-6-17(16(22)7-11)29-13-4-1-10(21)2-5-13/h1-9,25H,(H,23,26). The molecule has 2 N–H and O–H groups in total. The SMILES string of the molecule is O=C(Nc1ccc(Oc2ccc(Cl)cc2)c(Cl)c1)c1cc([N+](=O)[O-])cc(Br)c1O. The Labute approximate surface area is 183 Å². The van der Waals surface area contributed by atoms with Crippen LogP contribution in [0.5, 0.6) is 17.2 Å². The van der Waals surface area contributed by atoms with E-state index in [2.05, 4.69) is 21.2 Å². The van der Waals surface area contributed by atoms with Crippen LogP contribution < -0.4 is 10.1 Å². The Bertz CT molecular complexity index is 1110. The summed E-state index contributed by atoms with van der Waals surface area (Å²) in [4.78, 5) is 22.8. The van der Waals surface area contributed by atoms with Crippen molar-refractivity contribution in [1.29, 1.82) is 0 Å². The summed E-state index contributed by atoms with van der Waals surface area (Å²) in [6.45, 7) is 0. The molecule has 0 aliphatic rings. The molecule has 148 valence electrons. The van der Waals surface area contributed by atoms with E-state index < -0.39 is 16.6 Å². The van der Waals surface area contributed by atoms with Gasteiger partial charge in [-0.25, -0.2) is 0 Å². The van der Waals surface area contributed by atoms with Crippen molar-refractivity contribution in [2.45, 2.75) is 0 Å². The van der Waals surface area contributed by atoms with E-state index in [1.165, 1.54) is 6.07 Å². The van der Waals surface area contributed by atoms with Gasteiger partial charge in [0.1, 0.15) is 17.2 Å². The van der Waals surface area contributed by atoms with E-state index in [0.717, 1.165) is 12.1 Å². The first-order chi connectivity index (χ1) is 13.7. The number of benzene rings is 3. The first-order valence-electron chi connectivity index (χ1n) is 7.96. The first-order valence-corrected chi connectivity index (χ1v) is 9.50. The van der Waals surface area contributed by atoms with Crippen LogP contribution >= 0.6 is 39.1 Å². The maximum atomic E-state index is 12.5. The number of carbonyl (C=O) groups excluding carboxylic acids is 1. The second-order valence-corrected chi connectivity index (χ2v) is 7.43. The Morgan fingerprint density at radius 3 is 2.41 bits per heavy atom. The topological polar surface area (TPSA) is 102 Å². The van der Waals surface area contributed by atoms with Crippen molar-refractivity contribution in [2.75, 3.05) is 5.32 Å². The summed E-state index contributed by atoms with van der Waals surface area (Å²) in [6.07, 6.45) is 0. The average molecular weight is 498 g/mol. The summed E-state index contributed by atoms with van der Waals surface area (Å²) in [6, 6.07) is 13.3. The average Bonchev–Trinajstić information content (AvgIpc) is 2.67. The number of ether oxygens (including phenoxy) is 1. The lowest BCUT2D eigenvalue weighted by atomic mass is 10.1. The number of non-ortho nitro benzene ring substituents is 1. The number of nitrogens with one attached hydrogen (secondary N) is 1. The molecule has 0 fully saturated rings. The molecule has 7 nitrogen and oxygen atoms in total. The van der Waals surface area contributed by atoms with Crippen molar-refractivity contribution in [2.24, 2.45) is 0 Å². The summed E-state index contributed by atoms with van der Waals surface area (Å²) < 4.78 is 5.69. The van der Waals surface area contributed by atoms with E-state index in [9.17, 15) is 20.0 Å². The van der Waals surface area contributed by atoms with Gasteiger partial charge in [0.15, 0.2) is 0 Å². The molecule has 0 spiro atoms. The molecular formula is C19H11BrCl2N2O5. The number of aromatic hydroxyl groups is 1. The molecule has 1 amide bonds. The molecule has 0 saturated carbocycles. The number of anilines is 1. The van der Waals surface area contributed by atoms with Crippen LogP contribution in [0.25, 0.3) is 0 Å². The summed E-state index contributed by atoms with van der Waals surface area (Å²) >= 11 is 15.0. The molecule has 0 aliphatic heterocycles. The number of amides is 1. The lowest BCUT2D eigenvalue weighted by Gasteiger charge is -2.11. The smallest absolute Gasteiger partial charge is 0.271 e. The fourth-order valence-electron chi connectivity index (χ4n) is 2.35. The second-order valence-electron chi connectivity index (χ2n) is 5.74. The minimum absolute atomic E-state index is 0.0293. The fraction of sp³-hybridized carbons (Fsp3) is 0. The normalized spacial score (nSPS) is 10.4. The minimum Gasteiger partial charge on any atom is -0.506 e. The van der Waals surface area contributed by atoms with Gasteiger partial charge in [-0.1, -0.05) is 23.2 Å². The second kappa shape index (κ2) is 8.69. The van der Waals surface area contributed by atoms with Gasteiger partial charge in [-0.3, -0.25) is 14.9 Å². The third-order valence-electron chi connectivity index (χ3n) is 3.73. The third-order valence-corrected chi connectivity index (χ3v) is 4.89. The van der Waals surface area contributed by atoms with Gasteiger partial charge in [0.25, 0.3) is 11.6 Å². The van der Waals surface area contributed by atoms with Gasteiger partial charge in [0.05, 0.1) is 20.0 Å². The molecule has 0 bridgehead atoms. The predicted octanol–water partition coefficient (Wildman–Crippen LogP) is 6.41. The van der Waals surface area contributed by atoms with E-state index in [1.54, 1.807) is 36.4 Å². The van der Waals surface area contributed by atoms with Crippen molar-refractivity contribution in [3.8, 4) is 17.2 Å². The third kappa shape index (κ3) is 4.97. The molecule has 0 atom stereocenters. The Morgan fingerprint density at radius 2 is 1.79 bits per heavy atom. The van der Waals surface area contributed by atoms with E-state index in [-0.39, 0.29) is 20.7 Å². The first kappa shape index (κ1) is 20.9. The maximum absolute atomic E-state index is 12.5. The number of nitro groups is 1. The highest BCUT2D eigenvalue weighted by atomic mass is 79.9. The van der Waals surface area contributed by atoms with Crippen molar-refractivity contribution in [1.82, 2.24) is 0 Å². The van der Waals surface area contributed by atoms with Gasteiger partial charge in [-0.05, 0) is 58.4 Å². The molecule has 10 heteroatoms. The van der Waals surface area contributed by atoms with Crippen LogP contribution in [-0.2, 0) is 0 Å². The zero-order valence-electron chi connectivity index (χ0n) is 14.4. The lowest BCUT2D eigenvalue weighted by molar-refractivity contribution is -0.385. The van der Waals surface area contributed by atoms with Crippen molar-refractivity contribution < 1.29 is 19.6 Å². The number of hydrogen-bond acceptors (Lipinski definition) is 5. The summed E-state index contributed by atoms with van der Waals surface area (Å²) in [5.41, 5.74) is -0.293. The van der Waals surface area contributed by atoms with Crippen LogP contribution in [-0.4, -0.2) is 15.9 Å². The van der Waals surface area contributed by atoms with Crippen LogP contribution in [0.15, 0.2) is 59.1 Å². The Hall–Kier alpha value is -2.81. The molecule has 0 heterocycles. The summed E-state index contributed by atoms with van der Waals surface area (Å²) in [7, 11) is 0. The van der Waals surface area contributed by atoms with E-state index in [4.69, 9.17) is 27.9 Å². The quantitative estimate of drug-likeness (QED) is 0.313. The van der Waals surface area contributed by atoms with Gasteiger partial charge in [-0.2, -0.15) is 0 Å². The molecule has 0 unspecified atom stereocenters. The zero-order chi connectivity index (χ0) is 21.1. The highest BCUT2D eigenvalue weighted by Crippen LogP contribution is 2.35. The van der Waals surface area contributed by atoms with Gasteiger partial charge in [-0.15, -0.1) is 0 Å². The maximum Gasteiger partial charge on any atom is 0.271 e. The number of hydrogen-bond donors (Lipinski definition) is 2. The van der Waals surface area contributed by atoms with E-state index in [1.807, 2.05) is 0 Å². The highest BCUT2D eigenvalue weighted by molar-refractivity contribution is 9.10. The predicted molar refractivity (Wildman–Crippen MR) is 113 cm³/mol. The van der Waals surface area contributed by atoms with Crippen LogP contribution in [0.1, 0.15) is 10.4 Å². The molecular weight excluding hydrogens is 487 g/mol. The van der Waals surface area contributed by atoms with Gasteiger partial charge in [0, 0.05) is 22.8 Å². The van der Waals surface area contributed by atoms with Crippen molar-refractivity contribution in [3.63, 3.8) is 0 Å². The number of phenolic OH excluding ortho intramolecular Hbond substituents is 1. The number of rotatable bonds is 5. The number of halogens is 3. The number of nitro benzene ring substituents is 1. The van der Waals surface area contributed by atoms with Gasteiger partial charge < -0.3 is 15.2 Å². The number of nitrogens with zero attached hydrogens (tertiary/aromatic N) is 1. The van der Waals surface area contributed by atoms with Crippen molar-refractivity contribution in [3.05, 3.63) is 84.8 Å². The number of phenols is 1. The molecule has 0 saturated heterocycles. The van der Waals surface area contributed by atoms with Crippen LogP contribution in [0, 0.1) is 10.1 Å². The van der Waals surface area contributed by atoms with E-state index >= 15 is 0 Å². The number of carbonyl (C=O) groups is 1. The zero-order valence-corrected chi connectivity index (χ0v) is 17.5. The lowest BCUT2D eigenvalue weighted by Crippen LogP contribution is -2.12. The van der Waals surface area contributed by atoms with Gasteiger partial charge >= 0.3 is 0 Å². The minimum atomic E-state index is -0.741. The molecule has 29 heavy (non-hydrogen) atoms. The summed E-state index contributed by atoms with van der Waals surface area (Å²) in [5.74, 6) is -0.274.